The van der Waals surface area contributed by atoms with Crippen LogP contribution in [-0.4, -0.2) is 52.9 Å². The van der Waals surface area contributed by atoms with Crippen LogP contribution in [0.25, 0.3) is 10.8 Å². The van der Waals surface area contributed by atoms with Crippen LogP contribution in [-0.2, 0) is 24.0 Å². The number of carbonyl (C=O) groups is 2. The van der Waals surface area contributed by atoms with Crippen molar-refractivity contribution in [2.45, 2.75) is 25.4 Å². The van der Waals surface area contributed by atoms with Gasteiger partial charge in [0, 0.05) is 11.5 Å². The van der Waals surface area contributed by atoms with Crippen molar-refractivity contribution in [3.05, 3.63) is 74.8 Å². The van der Waals surface area contributed by atoms with Gasteiger partial charge in [-0.05, 0) is 35.4 Å². The molecule has 0 aliphatic heterocycles. The van der Waals surface area contributed by atoms with E-state index in [1.165, 1.54) is 0 Å². The summed E-state index contributed by atoms with van der Waals surface area (Å²) >= 11 is 0. The van der Waals surface area contributed by atoms with Gasteiger partial charge < -0.3 is 19.1 Å². The maximum absolute atomic E-state index is 12.4. The lowest BCUT2D eigenvalue weighted by Crippen LogP contribution is -2.31. The fraction of sp³-hybridized carbons (Fsp3) is 0.364. The molecule has 36 heavy (non-hydrogen) atoms. The van der Waals surface area contributed by atoms with Crippen molar-refractivity contribution in [2.75, 3.05) is 24.7 Å². The molecule has 0 aromatic heterocycles. The Labute approximate surface area is 213 Å². The maximum Gasteiger partial charge on any atom is 0.313 e. The topological polar surface area (TPSA) is 157 Å². The molecule has 2 aromatic carbocycles. The smallest absolute Gasteiger partial charge is 0.313 e. The van der Waals surface area contributed by atoms with Crippen LogP contribution in [0.4, 0.5) is 0 Å². The van der Waals surface area contributed by atoms with Crippen LogP contribution in [0.3, 0.4) is 0 Å². The number of esters is 2. The zero-order valence-electron chi connectivity index (χ0n) is 19.2. The van der Waals surface area contributed by atoms with Crippen LogP contribution in [0.15, 0.2) is 49.1 Å². The highest BCUT2D eigenvalue weighted by molar-refractivity contribution is 8.76. The number of nitrogens with zero attached hydrogens (tertiary/aromatic N) is 2. The lowest BCUT2D eigenvalue weighted by molar-refractivity contribution is -0.790. The SMILES string of the molecule is C=CCSSCCC(=O)Oc1ccc2cc([C@H](C)C(=O)OCC(CO[N+](=O)[O-])O[N+](=O)[O-])ccc2c1. The number of benzene rings is 2. The van der Waals surface area contributed by atoms with E-state index in [0.29, 0.717) is 17.1 Å². The molecule has 0 saturated carbocycles. The van der Waals surface area contributed by atoms with Gasteiger partial charge in [-0.25, -0.2) is 0 Å². The highest BCUT2D eigenvalue weighted by atomic mass is 33.1. The Morgan fingerprint density at radius 1 is 1.06 bits per heavy atom. The van der Waals surface area contributed by atoms with Crippen molar-refractivity contribution in [3.63, 3.8) is 0 Å². The molecule has 0 N–H and O–H groups in total. The third kappa shape index (κ3) is 10.00. The van der Waals surface area contributed by atoms with E-state index in [2.05, 4.69) is 16.3 Å². The first-order valence-electron chi connectivity index (χ1n) is 10.5. The third-order valence-electron chi connectivity index (χ3n) is 4.59. The molecule has 1 unspecified atom stereocenters. The Balaban J connectivity index is 1.95. The van der Waals surface area contributed by atoms with E-state index >= 15 is 0 Å². The van der Waals surface area contributed by atoms with E-state index < -0.39 is 41.4 Å². The molecule has 12 nitrogen and oxygen atoms in total. The summed E-state index contributed by atoms with van der Waals surface area (Å²) in [7, 11) is 3.19. The van der Waals surface area contributed by atoms with E-state index in [-0.39, 0.29) is 12.4 Å². The summed E-state index contributed by atoms with van der Waals surface area (Å²) in [4.78, 5) is 53.6. The van der Waals surface area contributed by atoms with Gasteiger partial charge in [0.1, 0.15) is 19.0 Å². The predicted molar refractivity (Wildman–Crippen MR) is 134 cm³/mol. The quantitative estimate of drug-likeness (QED) is 0.0571. The highest BCUT2D eigenvalue weighted by Gasteiger charge is 2.22. The molecule has 0 aliphatic rings. The summed E-state index contributed by atoms with van der Waals surface area (Å²) in [5.41, 5.74) is 0.611. The lowest BCUT2D eigenvalue weighted by atomic mass is 9.98. The summed E-state index contributed by atoms with van der Waals surface area (Å²) in [5.74, 6) is 0.0580. The molecular formula is C22H24N2O10S2. The monoisotopic (exact) mass is 540 g/mol. The van der Waals surface area contributed by atoms with Gasteiger partial charge in [0.15, 0.2) is 6.10 Å². The molecule has 0 aliphatic carbocycles. The van der Waals surface area contributed by atoms with E-state index in [1.54, 1.807) is 71.0 Å². The Kier molecular flexibility index (Phi) is 11.8. The number of ether oxygens (including phenoxy) is 2. The first kappa shape index (κ1) is 28.7. The van der Waals surface area contributed by atoms with Gasteiger partial charge in [-0.3, -0.25) is 9.59 Å². The summed E-state index contributed by atoms with van der Waals surface area (Å²) in [5, 5.41) is 20.1. The first-order chi connectivity index (χ1) is 17.2. The molecule has 0 radical (unpaired) electrons. The van der Waals surface area contributed by atoms with Crippen molar-refractivity contribution in [1.82, 2.24) is 0 Å². The Hall–Kier alpha value is -3.52. The second-order valence-electron chi connectivity index (χ2n) is 7.21. The summed E-state index contributed by atoms with van der Waals surface area (Å²) < 4.78 is 10.4. The summed E-state index contributed by atoms with van der Waals surface area (Å²) in [6, 6.07) is 10.4. The van der Waals surface area contributed by atoms with Gasteiger partial charge in [-0.15, -0.1) is 26.8 Å². The van der Waals surface area contributed by atoms with Gasteiger partial charge in [0.25, 0.3) is 10.2 Å². The molecule has 14 heteroatoms. The Morgan fingerprint density at radius 2 is 1.78 bits per heavy atom. The number of rotatable bonds is 16. The van der Waals surface area contributed by atoms with Gasteiger partial charge >= 0.3 is 11.9 Å². The molecule has 2 rings (SSSR count). The van der Waals surface area contributed by atoms with E-state index in [9.17, 15) is 29.8 Å². The average molecular weight is 541 g/mol. The van der Waals surface area contributed by atoms with Crippen molar-refractivity contribution >= 4 is 44.3 Å². The summed E-state index contributed by atoms with van der Waals surface area (Å²) in [6.07, 6.45) is 0.614. The molecule has 0 fully saturated rings. The van der Waals surface area contributed by atoms with Crippen molar-refractivity contribution in [2.24, 2.45) is 0 Å². The fourth-order valence-corrected chi connectivity index (χ4v) is 4.59. The number of hydrogen-bond acceptors (Lipinski definition) is 12. The van der Waals surface area contributed by atoms with Gasteiger partial charge in [-0.2, -0.15) is 0 Å². The zero-order valence-corrected chi connectivity index (χ0v) is 20.9. The molecule has 0 spiro atoms. The third-order valence-corrected chi connectivity index (χ3v) is 6.91. The van der Waals surface area contributed by atoms with Crippen LogP contribution in [0.2, 0.25) is 0 Å². The minimum atomic E-state index is -1.45. The second kappa shape index (κ2) is 14.8. The van der Waals surface area contributed by atoms with Crippen LogP contribution >= 0.6 is 21.6 Å². The van der Waals surface area contributed by atoms with Crippen LogP contribution in [0.1, 0.15) is 24.8 Å². The molecule has 194 valence electrons. The molecule has 2 atom stereocenters. The van der Waals surface area contributed by atoms with E-state index in [0.717, 1.165) is 16.5 Å². The summed E-state index contributed by atoms with van der Waals surface area (Å²) in [6.45, 7) is 3.84. The highest BCUT2D eigenvalue weighted by Crippen LogP contribution is 2.27. The molecule has 0 bridgehead atoms. The van der Waals surface area contributed by atoms with E-state index in [1.807, 2.05) is 0 Å². The van der Waals surface area contributed by atoms with Gasteiger partial charge in [0.05, 0.1) is 12.3 Å². The molecule has 0 heterocycles. The minimum absolute atomic E-state index is 0.275. The average Bonchev–Trinajstić information content (AvgIpc) is 2.84. The van der Waals surface area contributed by atoms with Crippen molar-refractivity contribution < 1.29 is 38.9 Å². The van der Waals surface area contributed by atoms with Crippen LogP contribution in [0.5, 0.6) is 5.75 Å². The molecule has 0 amide bonds. The normalized spacial score (nSPS) is 12.2. The molecule has 2 aromatic rings. The van der Waals surface area contributed by atoms with Gasteiger partial charge in [-0.1, -0.05) is 51.9 Å². The Morgan fingerprint density at radius 3 is 2.47 bits per heavy atom. The standard InChI is InChI=1S/C22H24N2O10S2/c1-3-9-35-36-10-8-21(25)33-19-7-6-17-11-16(4-5-18(17)12-19)15(2)22(26)31-13-20(34-24(29)30)14-32-23(27)28/h3-7,11-12,15,20H,1,8-10,13-14H2,2H3/t15-,20?/m0/s1. The number of carbonyl (C=O) groups excluding carboxylic acids is 2. The van der Waals surface area contributed by atoms with Crippen molar-refractivity contribution in [1.29, 1.82) is 0 Å². The number of hydrogen-bond donors (Lipinski definition) is 0. The lowest BCUT2D eigenvalue weighted by Gasteiger charge is -2.17. The first-order valence-corrected chi connectivity index (χ1v) is 13.0. The zero-order chi connectivity index (χ0) is 26.5. The maximum atomic E-state index is 12.4. The van der Waals surface area contributed by atoms with Crippen LogP contribution < -0.4 is 4.74 Å². The Bertz CT molecular complexity index is 1100. The second-order valence-corrected chi connectivity index (χ2v) is 9.84. The van der Waals surface area contributed by atoms with Crippen LogP contribution in [0, 0.1) is 20.2 Å². The largest absolute Gasteiger partial charge is 0.463 e. The van der Waals surface area contributed by atoms with E-state index in [4.69, 9.17) is 9.47 Å². The predicted octanol–water partition coefficient (Wildman–Crippen LogP) is 4.13. The fourth-order valence-electron chi connectivity index (χ4n) is 2.85. The van der Waals surface area contributed by atoms with Crippen molar-refractivity contribution in [3.8, 4) is 5.75 Å². The minimum Gasteiger partial charge on any atom is -0.463 e. The molecular weight excluding hydrogens is 516 g/mol. The molecule has 0 saturated heterocycles. The number of fused-ring (bicyclic) bond motifs is 1. The van der Waals surface area contributed by atoms with Gasteiger partial charge in [0.2, 0.25) is 0 Å².